The molecule has 3 heteroatoms. The lowest BCUT2D eigenvalue weighted by atomic mass is 10.00. The van der Waals surface area contributed by atoms with Crippen LogP contribution >= 0.6 is 0 Å². The normalized spacial score (nSPS) is 23.7. The maximum Gasteiger partial charge on any atom is 0.0271 e. The number of hydrogen-bond donors (Lipinski definition) is 1. The smallest absolute Gasteiger partial charge is 0.0271 e. The molecule has 2 unspecified atom stereocenters. The zero-order valence-corrected chi connectivity index (χ0v) is 11.4. The second-order valence-electron chi connectivity index (χ2n) is 5.37. The molecule has 0 radical (unpaired) electrons. The van der Waals surface area contributed by atoms with Crippen molar-refractivity contribution in [2.45, 2.75) is 45.2 Å². The van der Waals surface area contributed by atoms with Crippen LogP contribution in [0.5, 0.6) is 0 Å². The van der Waals surface area contributed by atoms with Gasteiger partial charge in [-0.2, -0.15) is 0 Å². The molecule has 1 aromatic rings. The fourth-order valence-corrected chi connectivity index (χ4v) is 2.87. The number of nitrogens with two attached hydrogens (primary N) is 1. The average Bonchev–Trinajstić information content (AvgIpc) is 2.81. The molecule has 100 valence electrons. The molecule has 1 saturated carbocycles. The Bertz CT molecular complexity index is 339. The van der Waals surface area contributed by atoms with Crippen molar-refractivity contribution in [1.82, 2.24) is 9.88 Å². The van der Waals surface area contributed by atoms with E-state index in [9.17, 15) is 0 Å². The summed E-state index contributed by atoms with van der Waals surface area (Å²) >= 11 is 0. The highest BCUT2D eigenvalue weighted by atomic mass is 15.1. The van der Waals surface area contributed by atoms with Gasteiger partial charge in [-0.3, -0.25) is 9.88 Å². The van der Waals surface area contributed by atoms with E-state index in [4.69, 9.17) is 5.73 Å². The Morgan fingerprint density at radius 2 is 2.11 bits per heavy atom. The van der Waals surface area contributed by atoms with Crippen molar-refractivity contribution < 1.29 is 0 Å². The monoisotopic (exact) mass is 247 g/mol. The molecule has 18 heavy (non-hydrogen) atoms. The lowest BCUT2D eigenvalue weighted by molar-refractivity contribution is 0.250. The molecular weight excluding hydrogens is 222 g/mol. The summed E-state index contributed by atoms with van der Waals surface area (Å²) in [7, 11) is 0. The summed E-state index contributed by atoms with van der Waals surface area (Å²) in [5.41, 5.74) is 7.48. The molecule has 0 amide bonds. The number of hydrogen-bond acceptors (Lipinski definition) is 3. The van der Waals surface area contributed by atoms with Crippen LogP contribution in [0.4, 0.5) is 0 Å². The molecule has 2 N–H and O–H groups in total. The minimum absolute atomic E-state index is 0.449. The minimum Gasteiger partial charge on any atom is -0.327 e. The van der Waals surface area contributed by atoms with Gasteiger partial charge in [0.1, 0.15) is 0 Å². The van der Waals surface area contributed by atoms with Crippen LogP contribution in [0.15, 0.2) is 24.5 Å². The Morgan fingerprint density at radius 1 is 1.33 bits per heavy atom. The van der Waals surface area contributed by atoms with E-state index in [2.05, 4.69) is 28.9 Å². The van der Waals surface area contributed by atoms with Crippen LogP contribution in [0, 0.1) is 5.92 Å². The van der Waals surface area contributed by atoms with Gasteiger partial charge in [0.25, 0.3) is 0 Å². The predicted molar refractivity (Wildman–Crippen MR) is 75.1 cm³/mol. The Labute approximate surface area is 110 Å². The summed E-state index contributed by atoms with van der Waals surface area (Å²) in [5, 5.41) is 0. The van der Waals surface area contributed by atoms with Gasteiger partial charge in [-0.05, 0) is 56.0 Å². The van der Waals surface area contributed by atoms with Crippen LogP contribution < -0.4 is 5.73 Å². The lowest BCUT2D eigenvalue weighted by Gasteiger charge is -2.23. The molecule has 1 aromatic heterocycles. The van der Waals surface area contributed by atoms with Gasteiger partial charge in [0, 0.05) is 25.0 Å². The third-order valence-electron chi connectivity index (χ3n) is 4.14. The quantitative estimate of drug-likeness (QED) is 0.839. The van der Waals surface area contributed by atoms with E-state index < -0.39 is 0 Å². The molecule has 0 bridgehead atoms. The molecule has 1 heterocycles. The second kappa shape index (κ2) is 6.86. The number of rotatable bonds is 6. The maximum atomic E-state index is 6.13. The van der Waals surface area contributed by atoms with Crippen molar-refractivity contribution in [3.8, 4) is 0 Å². The highest BCUT2D eigenvalue weighted by Gasteiger charge is 2.23. The number of nitrogens with zero attached hydrogens (tertiary/aromatic N) is 2. The molecule has 0 aliphatic heterocycles. The van der Waals surface area contributed by atoms with Crippen molar-refractivity contribution in [2.24, 2.45) is 11.7 Å². The third-order valence-corrected chi connectivity index (χ3v) is 4.14. The largest absolute Gasteiger partial charge is 0.327 e. The van der Waals surface area contributed by atoms with Gasteiger partial charge >= 0.3 is 0 Å². The summed E-state index contributed by atoms with van der Waals surface area (Å²) in [4.78, 5) is 6.56. The first-order chi connectivity index (χ1) is 8.79. The average molecular weight is 247 g/mol. The van der Waals surface area contributed by atoms with Crippen molar-refractivity contribution >= 4 is 0 Å². The summed E-state index contributed by atoms with van der Waals surface area (Å²) in [6.45, 7) is 5.53. The van der Waals surface area contributed by atoms with Crippen LogP contribution in [-0.2, 0) is 6.54 Å². The molecule has 0 saturated heterocycles. The van der Waals surface area contributed by atoms with E-state index in [1.165, 1.54) is 31.2 Å². The number of pyridine rings is 1. The van der Waals surface area contributed by atoms with Crippen molar-refractivity contribution in [1.29, 1.82) is 0 Å². The van der Waals surface area contributed by atoms with Crippen LogP contribution in [0.1, 0.15) is 38.2 Å². The number of aromatic nitrogens is 1. The van der Waals surface area contributed by atoms with E-state index >= 15 is 0 Å². The standard InChI is InChI=1S/C15H25N3/c1-2-18(12-13-6-9-17-10-7-13)11-8-14-4-3-5-15(14)16/h6-7,9-10,14-15H,2-5,8,11-12,16H2,1H3. The topological polar surface area (TPSA) is 42.1 Å². The van der Waals surface area contributed by atoms with E-state index in [1.807, 2.05) is 12.4 Å². The first-order valence-electron chi connectivity index (χ1n) is 7.16. The van der Waals surface area contributed by atoms with Gasteiger partial charge in [0.05, 0.1) is 0 Å². The second-order valence-corrected chi connectivity index (χ2v) is 5.37. The predicted octanol–water partition coefficient (Wildman–Crippen LogP) is 2.42. The van der Waals surface area contributed by atoms with Crippen molar-refractivity contribution in [3.05, 3.63) is 30.1 Å². The van der Waals surface area contributed by atoms with E-state index in [1.54, 1.807) is 0 Å². The molecule has 3 nitrogen and oxygen atoms in total. The molecule has 1 aliphatic carbocycles. The van der Waals surface area contributed by atoms with Crippen LogP contribution in [0.3, 0.4) is 0 Å². The Hall–Kier alpha value is -0.930. The highest BCUT2D eigenvalue weighted by molar-refractivity contribution is 5.09. The minimum atomic E-state index is 0.449. The van der Waals surface area contributed by atoms with Crippen molar-refractivity contribution in [2.75, 3.05) is 13.1 Å². The SMILES string of the molecule is CCN(CCC1CCCC1N)Cc1ccncc1. The molecule has 0 aromatic carbocycles. The van der Waals surface area contributed by atoms with Gasteiger partial charge < -0.3 is 5.73 Å². The summed E-state index contributed by atoms with van der Waals surface area (Å²) in [6.07, 6.45) is 8.86. The fraction of sp³-hybridized carbons (Fsp3) is 0.667. The van der Waals surface area contributed by atoms with Gasteiger partial charge in [-0.1, -0.05) is 13.3 Å². The van der Waals surface area contributed by atoms with Gasteiger partial charge in [0.15, 0.2) is 0 Å². The Balaban J connectivity index is 1.79. The van der Waals surface area contributed by atoms with Crippen molar-refractivity contribution in [3.63, 3.8) is 0 Å². The van der Waals surface area contributed by atoms with Crippen LogP contribution in [0.25, 0.3) is 0 Å². The van der Waals surface area contributed by atoms with Gasteiger partial charge in [-0.25, -0.2) is 0 Å². The third kappa shape index (κ3) is 3.79. The summed E-state index contributed by atoms with van der Waals surface area (Å²) in [5.74, 6) is 0.747. The first kappa shape index (κ1) is 13.5. The molecule has 1 aliphatic rings. The Kier molecular flexibility index (Phi) is 5.14. The summed E-state index contributed by atoms with van der Waals surface area (Å²) < 4.78 is 0. The van der Waals surface area contributed by atoms with Gasteiger partial charge in [0.2, 0.25) is 0 Å². The molecule has 1 fully saturated rings. The van der Waals surface area contributed by atoms with Gasteiger partial charge in [-0.15, -0.1) is 0 Å². The zero-order valence-electron chi connectivity index (χ0n) is 11.4. The highest BCUT2D eigenvalue weighted by Crippen LogP contribution is 2.27. The summed E-state index contributed by atoms with van der Waals surface area (Å²) in [6, 6.07) is 4.65. The molecule has 0 spiro atoms. The van der Waals surface area contributed by atoms with E-state index in [0.29, 0.717) is 6.04 Å². The lowest BCUT2D eigenvalue weighted by Crippen LogP contribution is -2.30. The molecule has 2 atom stereocenters. The van der Waals surface area contributed by atoms with E-state index in [0.717, 1.165) is 25.6 Å². The van der Waals surface area contributed by atoms with Crippen LogP contribution in [-0.4, -0.2) is 29.0 Å². The molecule has 2 rings (SSSR count). The maximum absolute atomic E-state index is 6.13. The first-order valence-corrected chi connectivity index (χ1v) is 7.16. The zero-order chi connectivity index (χ0) is 12.8. The Morgan fingerprint density at radius 3 is 2.72 bits per heavy atom. The molecular formula is C15H25N3. The van der Waals surface area contributed by atoms with E-state index in [-0.39, 0.29) is 0 Å². The van der Waals surface area contributed by atoms with Crippen LogP contribution in [0.2, 0.25) is 0 Å². The fourth-order valence-electron chi connectivity index (χ4n) is 2.87.